The predicted molar refractivity (Wildman–Crippen MR) is 87.5 cm³/mol. The molecule has 1 aromatic heterocycles. The first-order chi connectivity index (χ1) is 10.3. The van der Waals surface area contributed by atoms with Gasteiger partial charge >= 0.3 is 0 Å². The highest BCUT2D eigenvalue weighted by Gasteiger charge is 2.20. The van der Waals surface area contributed by atoms with E-state index >= 15 is 0 Å². The van der Waals surface area contributed by atoms with Gasteiger partial charge in [0.15, 0.2) is 0 Å². The SMILES string of the molecule is C[C@H](NC1CCN(c2ccccc2)CC1)c1cccnc1. The minimum atomic E-state index is 0.368. The van der Waals surface area contributed by atoms with Crippen molar-refractivity contribution in [1.29, 1.82) is 0 Å². The molecule has 2 heterocycles. The summed E-state index contributed by atoms with van der Waals surface area (Å²) in [5.74, 6) is 0. The first-order valence-corrected chi connectivity index (χ1v) is 7.79. The monoisotopic (exact) mass is 281 g/mol. The number of hydrogen-bond acceptors (Lipinski definition) is 3. The van der Waals surface area contributed by atoms with E-state index in [0.29, 0.717) is 12.1 Å². The van der Waals surface area contributed by atoms with E-state index < -0.39 is 0 Å². The summed E-state index contributed by atoms with van der Waals surface area (Å²) in [5.41, 5.74) is 2.61. The van der Waals surface area contributed by atoms with Crippen molar-refractivity contribution in [2.75, 3.05) is 18.0 Å². The van der Waals surface area contributed by atoms with Crippen molar-refractivity contribution in [2.45, 2.75) is 31.8 Å². The highest BCUT2D eigenvalue weighted by Crippen LogP contribution is 2.21. The van der Waals surface area contributed by atoms with Crippen LogP contribution in [0.15, 0.2) is 54.9 Å². The van der Waals surface area contributed by atoms with Gasteiger partial charge < -0.3 is 10.2 Å². The Kier molecular flexibility index (Phi) is 4.51. The molecular formula is C18H23N3. The Hall–Kier alpha value is -1.87. The molecular weight excluding hydrogens is 258 g/mol. The Morgan fingerprint density at radius 1 is 1.10 bits per heavy atom. The molecule has 3 nitrogen and oxygen atoms in total. The minimum absolute atomic E-state index is 0.368. The zero-order chi connectivity index (χ0) is 14.5. The number of rotatable bonds is 4. The molecule has 2 aromatic rings. The summed E-state index contributed by atoms with van der Waals surface area (Å²) in [4.78, 5) is 6.68. The molecule has 3 rings (SSSR count). The lowest BCUT2D eigenvalue weighted by Gasteiger charge is -2.35. The summed E-state index contributed by atoms with van der Waals surface area (Å²) in [5, 5.41) is 3.74. The van der Waals surface area contributed by atoms with Gasteiger partial charge in [0.05, 0.1) is 0 Å². The number of piperidine rings is 1. The summed E-state index contributed by atoms with van der Waals surface area (Å²) in [6.45, 7) is 4.48. The van der Waals surface area contributed by atoms with Gasteiger partial charge in [0, 0.05) is 43.3 Å². The third kappa shape index (κ3) is 3.61. The van der Waals surface area contributed by atoms with E-state index in [4.69, 9.17) is 0 Å². The molecule has 3 heteroatoms. The molecule has 0 unspecified atom stereocenters. The standard InChI is InChI=1S/C18H23N3/c1-15(16-6-5-11-19-14-16)20-17-9-12-21(13-10-17)18-7-3-2-4-8-18/h2-8,11,14-15,17,20H,9-10,12-13H2,1H3/t15-/m0/s1. The van der Waals surface area contributed by atoms with Gasteiger partial charge in [-0.1, -0.05) is 24.3 Å². The fraction of sp³-hybridized carbons (Fsp3) is 0.389. The number of para-hydroxylation sites is 1. The van der Waals surface area contributed by atoms with E-state index in [-0.39, 0.29) is 0 Å². The third-order valence-corrected chi connectivity index (χ3v) is 4.29. The molecule has 110 valence electrons. The van der Waals surface area contributed by atoms with E-state index in [2.05, 4.69) is 58.5 Å². The van der Waals surface area contributed by atoms with Crippen molar-refractivity contribution < 1.29 is 0 Å². The van der Waals surface area contributed by atoms with E-state index in [1.807, 2.05) is 18.5 Å². The van der Waals surface area contributed by atoms with E-state index in [1.54, 1.807) is 0 Å². The molecule has 1 N–H and O–H groups in total. The van der Waals surface area contributed by atoms with Crippen LogP contribution in [0.25, 0.3) is 0 Å². The van der Waals surface area contributed by atoms with Crippen molar-refractivity contribution in [3.05, 3.63) is 60.4 Å². The van der Waals surface area contributed by atoms with Crippen molar-refractivity contribution in [3.63, 3.8) is 0 Å². The average molecular weight is 281 g/mol. The van der Waals surface area contributed by atoms with Gasteiger partial charge in [-0.3, -0.25) is 4.98 Å². The zero-order valence-electron chi connectivity index (χ0n) is 12.6. The normalized spacial score (nSPS) is 17.7. The molecule has 0 amide bonds. The van der Waals surface area contributed by atoms with E-state index in [0.717, 1.165) is 13.1 Å². The van der Waals surface area contributed by atoms with Gasteiger partial charge in [0.1, 0.15) is 0 Å². The highest BCUT2D eigenvalue weighted by molar-refractivity contribution is 5.46. The Morgan fingerprint density at radius 3 is 2.52 bits per heavy atom. The van der Waals surface area contributed by atoms with Crippen LogP contribution in [-0.4, -0.2) is 24.1 Å². The summed E-state index contributed by atoms with van der Waals surface area (Å²) in [7, 11) is 0. The Bertz CT molecular complexity index is 533. The molecule has 1 atom stereocenters. The molecule has 0 saturated carbocycles. The Labute approximate surface area is 127 Å². The number of pyridine rings is 1. The topological polar surface area (TPSA) is 28.2 Å². The van der Waals surface area contributed by atoms with Gasteiger partial charge in [0.2, 0.25) is 0 Å². The predicted octanol–water partition coefficient (Wildman–Crippen LogP) is 3.40. The van der Waals surface area contributed by atoms with Gasteiger partial charge in [-0.15, -0.1) is 0 Å². The number of nitrogens with zero attached hydrogens (tertiary/aromatic N) is 2. The molecule has 1 fully saturated rings. The first-order valence-electron chi connectivity index (χ1n) is 7.79. The van der Waals surface area contributed by atoms with Crippen LogP contribution >= 0.6 is 0 Å². The lowest BCUT2D eigenvalue weighted by molar-refractivity contribution is 0.380. The van der Waals surface area contributed by atoms with Crippen LogP contribution in [0.5, 0.6) is 0 Å². The van der Waals surface area contributed by atoms with Crippen LogP contribution in [0.1, 0.15) is 31.4 Å². The van der Waals surface area contributed by atoms with Crippen LogP contribution in [0, 0.1) is 0 Å². The largest absolute Gasteiger partial charge is 0.371 e. The number of benzene rings is 1. The highest BCUT2D eigenvalue weighted by atomic mass is 15.1. The average Bonchev–Trinajstić information content (AvgIpc) is 2.57. The maximum atomic E-state index is 4.20. The van der Waals surface area contributed by atoms with Crippen LogP contribution < -0.4 is 10.2 Å². The Morgan fingerprint density at radius 2 is 1.86 bits per heavy atom. The maximum absolute atomic E-state index is 4.20. The Balaban J connectivity index is 1.52. The minimum Gasteiger partial charge on any atom is -0.371 e. The van der Waals surface area contributed by atoms with Crippen molar-refractivity contribution in [2.24, 2.45) is 0 Å². The van der Waals surface area contributed by atoms with Crippen molar-refractivity contribution in [3.8, 4) is 0 Å². The number of nitrogens with one attached hydrogen (secondary N) is 1. The van der Waals surface area contributed by atoms with Gasteiger partial charge in [-0.2, -0.15) is 0 Å². The smallest absolute Gasteiger partial charge is 0.0366 e. The fourth-order valence-corrected chi connectivity index (χ4v) is 3.03. The van der Waals surface area contributed by atoms with E-state index in [1.165, 1.54) is 24.1 Å². The quantitative estimate of drug-likeness (QED) is 0.931. The maximum Gasteiger partial charge on any atom is 0.0366 e. The first kappa shape index (κ1) is 14.1. The van der Waals surface area contributed by atoms with Crippen LogP contribution in [0.2, 0.25) is 0 Å². The molecule has 1 aliphatic heterocycles. The second kappa shape index (κ2) is 6.72. The van der Waals surface area contributed by atoms with Gasteiger partial charge in [0.25, 0.3) is 0 Å². The number of aromatic nitrogens is 1. The van der Waals surface area contributed by atoms with Gasteiger partial charge in [-0.05, 0) is 43.5 Å². The molecule has 21 heavy (non-hydrogen) atoms. The summed E-state index contributed by atoms with van der Waals surface area (Å²) in [6, 6.07) is 15.8. The van der Waals surface area contributed by atoms with Crippen LogP contribution in [-0.2, 0) is 0 Å². The molecule has 0 spiro atoms. The number of hydrogen-bond donors (Lipinski definition) is 1. The summed E-state index contributed by atoms with van der Waals surface area (Å²) >= 11 is 0. The second-order valence-corrected chi connectivity index (χ2v) is 5.77. The molecule has 1 aliphatic rings. The van der Waals surface area contributed by atoms with E-state index in [9.17, 15) is 0 Å². The third-order valence-electron chi connectivity index (χ3n) is 4.29. The molecule has 0 radical (unpaired) electrons. The lowest BCUT2D eigenvalue weighted by Crippen LogP contribution is -2.43. The molecule has 1 saturated heterocycles. The summed E-state index contributed by atoms with van der Waals surface area (Å²) < 4.78 is 0. The fourth-order valence-electron chi connectivity index (χ4n) is 3.03. The van der Waals surface area contributed by atoms with Gasteiger partial charge in [-0.25, -0.2) is 0 Å². The zero-order valence-corrected chi connectivity index (χ0v) is 12.6. The van der Waals surface area contributed by atoms with Crippen LogP contribution in [0.3, 0.4) is 0 Å². The van der Waals surface area contributed by atoms with Crippen molar-refractivity contribution >= 4 is 5.69 Å². The molecule has 1 aromatic carbocycles. The molecule has 0 bridgehead atoms. The number of anilines is 1. The second-order valence-electron chi connectivity index (χ2n) is 5.77. The molecule has 0 aliphatic carbocycles. The van der Waals surface area contributed by atoms with Crippen LogP contribution in [0.4, 0.5) is 5.69 Å². The lowest BCUT2D eigenvalue weighted by atomic mass is 10.0. The summed E-state index contributed by atoms with van der Waals surface area (Å²) in [6.07, 6.45) is 6.17. The van der Waals surface area contributed by atoms with Crippen molar-refractivity contribution in [1.82, 2.24) is 10.3 Å².